The summed E-state index contributed by atoms with van der Waals surface area (Å²) in [6.07, 6.45) is 3.44. The Hall–Kier alpha value is -3.93. The fourth-order valence-electron chi connectivity index (χ4n) is 3.99. The molecule has 0 amide bonds. The fourth-order valence-corrected chi connectivity index (χ4v) is 3.99. The lowest BCUT2D eigenvalue weighted by atomic mass is 9.94. The van der Waals surface area contributed by atoms with Gasteiger partial charge < -0.3 is 14.4 Å². The lowest BCUT2D eigenvalue weighted by molar-refractivity contribution is -0.137. The second-order valence-corrected chi connectivity index (χ2v) is 8.06. The molecule has 33 heavy (non-hydrogen) atoms. The Morgan fingerprint density at radius 2 is 1.91 bits per heavy atom. The van der Waals surface area contributed by atoms with E-state index in [0.717, 1.165) is 27.8 Å². The van der Waals surface area contributed by atoms with Crippen molar-refractivity contribution in [1.82, 2.24) is 9.55 Å². The molecule has 1 atom stereocenters. The van der Waals surface area contributed by atoms with Crippen LogP contribution in [0.5, 0.6) is 5.75 Å². The average Bonchev–Trinajstić information content (AvgIpc) is 3.22. The third-order valence-electron chi connectivity index (χ3n) is 5.66. The second kappa shape index (κ2) is 9.69. The molecular weight excluding hydrogens is 419 g/mol. The van der Waals surface area contributed by atoms with Gasteiger partial charge in [-0.2, -0.15) is 0 Å². The van der Waals surface area contributed by atoms with Crippen LogP contribution < -0.4 is 4.74 Å². The van der Waals surface area contributed by atoms with Gasteiger partial charge in [0.15, 0.2) is 0 Å². The van der Waals surface area contributed by atoms with Crippen molar-refractivity contribution in [1.29, 1.82) is 0 Å². The van der Waals surface area contributed by atoms with Crippen LogP contribution in [0, 0.1) is 12.7 Å². The molecule has 0 spiro atoms. The first-order chi connectivity index (χ1) is 15.9. The predicted molar refractivity (Wildman–Crippen MR) is 125 cm³/mol. The quantitative estimate of drug-likeness (QED) is 0.378. The van der Waals surface area contributed by atoms with Gasteiger partial charge in [0.2, 0.25) is 0 Å². The van der Waals surface area contributed by atoms with Crippen LogP contribution >= 0.6 is 0 Å². The molecule has 5 nitrogen and oxygen atoms in total. The molecule has 0 aliphatic heterocycles. The summed E-state index contributed by atoms with van der Waals surface area (Å²) in [5, 5.41) is 9.35. The molecule has 0 saturated heterocycles. The monoisotopic (exact) mass is 444 g/mol. The van der Waals surface area contributed by atoms with E-state index in [9.17, 15) is 14.3 Å². The van der Waals surface area contributed by atoms with Crippen LogP contribution in [0.1, 0.15) is 34.9 Å². The summed E-state index contributed by atoms with van der Waals surface area (Å²) in [5.41, 5.74) is 4.74. The number of ether oxygens (including phenoxy) is 1. The number of imidazole rings is 1. The highest BCUT2D eigenvalue weighted by Gasteiger charge is 2.21. The Kier molecular flexibility index (Phi) is 6.54. The number of aromatic nitrogens is 2. The van der Waals surface area contributed by atoms with Gasteiger partial charge in [0.05, 0.1) is 12.3 Å². The third-order valence-corrected chi connectivity index (χ3v) is 5.66. The van der Waals surface area contributed by atoms with Crippen LogP contribution in [0.15, 0.2) is 79.1 Å². The molecule has 3 aromatic carbocycles. The first kappa shape index (κ1) is 22.3. The van der Waals surface area contributed by atoms with Crippen molar-refractivity contribution in [2.75, 3.05) is 0 Å². The zero-order valence-electron chi connectivity index (χ0n) is 18.5. The summed E-state index contributed by atoms with van der Waals surface area (Å²) in [4.78, 5) is 15.7. The van der Waals surface area contributed by atoms with Crippen LogP contribution in [0.2, 0.25) is 0 Å². The predicted octanol–water partition coefficient (Wildman–Crippen LogP) is 5.72. The van der Waals surface area contributed by atoms with Gasteiger partial charge in [-0.05, 0) is 65.1 Å². The van der Waals surface area contributed by atoms with E-state index < -0.39 is 5.97 Å². The standard InChI is InChI=1S/C27H25FN2O3/c1-18-14-22(28)8-11-24(18)21-5-3-4-19(15-21)17-33-23-9-6-20(7-10-23)25(16-26(31)32)27-29-12-13-30(27)2/h3-15,25H,16-17H2,1-2H3,(H,31,32)/t25-/m0/s1. The molecule has 168 valence electrons. The van der Waals surface area contributed by atoms with E-state index in [-0.39, 0.29) is 18.2 Å². The summed E-state index contributed by atoms with van der Waals surface area (Å²) in [6, 6.07) is 20.2. The first-order valence-corrected chi connectivity index (χ1v) is 10.7. The van der Waals surface area contributed by atoms with Crippen molar-refractivity contribution in [3.8, 4) is 16.9 Å². The van der Waals surface area contributed by atoms with Crippen molar-refractivity contribution < 1.29 is 19.0 Å². The average molecular weight is 445 g/mol. The molecule has 6 heteroatoms. The summed E-state index contributed by atoms with van der Waals surface area (Å²) >= 11 is 0. The van der Waals surface area contributed by atoms with Crippen molar-refractivity contribution >= 4 is 5.97 Å². The Morgan fingerprint density at radius 3 is 2.58 bits per heavy atom. The molecule has 1 aromatic heterocycles. The molecule has 0 aliphatic rings. The van der Waals surface area contributed by atoms with E-state index in [4.69, 9.17) is 4.74 Å². The molecule has 1 heterocycles. The zero-order chi connectivity index (χ0) is 23.4. The Morgan fingerprint density at radius 1 is 1.12 bits per heavy atom. The van der Waals surface area contributed by atoms with Gasteiger partial charge in [-0.25, -0.2) is 9.37 Å². The largest absolute Gasteiger partial charge is 0.489 e. The highest BCUT2D eigenvalue weighted by atomic mass is 19.1. The van der Waals surface area contributed by atoms with E-state index in [0.29, 0.717) is 18.2 Å². The molecule has 4 rings (SSSR count). The number of carboxylic acid groups (broad SMARTS) is 1. The van der Waals surface area contributed by atoms with E-state index in [1.807, 2.05) is 73.3 Å². The number of carbonyl (C=O) groups is 1. The summed E-state index contributed by atoms with van der Waals surface area (Å²) in [6.45, 7) is 2.27. The highest BCUT2D eigenvalue weighted by Crippen LogP contribution is 2.29. The number of hydrogen-bond donors (Lipinski definition) is 1. The molecule has 0 unspecified atom stereocenters. The van der Waals surface area contributed by atoms with Crippen LogP contribution in [0.25, 0.3) is 11.1 Å². The van der Waals surface area contributed by atoms with Crippen molar-refractivity contribution in [3.05, 3.63) is 107 Å². The smallest absolute Gasteiger partial charge is 0.304 e. The van der Waals surface area contributed by atoms with E-state index in [1.165, 1.54) is 12.1 Å². The SMILES string of the molecule is Cc1cc(F)ccc1-c1cccc(COc2ccc([C@H](CC(=O)O)c3nccn3C)cc2)c1. The minimum absolute atomic E-state index is 0.0410. The molecule has 0 fully saturated rings. The number of nitrogens with zero attached hydrogens (tertiary/aromatic N) is 2. The Balaban J connectivity index is 1.47. The van der Waals surface area contributed by atoms with Crippen LogP contribution in [-0.4, -0.2) is 20.6 Å². The van der Waals surface area contributed by atoms with Crippen molar-refractivity contribution in [3.63, 3.8) is 0 Å². The third kappa shape index (κ3) is 5.29. The van der Waals surface area contributed by atoms with Gasteiger partial charge in [-0.15, -0.1) is 0 Å². The van der Waals surface area contributed by atoms with E-state index >= 15 is 0 Å². The minimum Gasteiger partial charge on any atom is -0.489 e. The number of rotatable bonds is 8. The zero-order valence-corrected chi connectivity index (χ0v) is 18.5. The van der Waals surface area contributed by atoms with Crippen LogP contribution in [0.4, 0.5) is 4.39 Å². The number of hydrogen-bond acceptors (Lipinski definition) is 3. The maximum absolute atomic E-state index is 13.4. The summed E-state index contributed by atoms with van der Waals surface area (Å²) in [5.74, 6) is -0.0607. The minimum atomic E-state index is -0.875. The van der Waals surface area contributed by atoms with E-state index in [1.54, 1.807) is 12.3 Å². The van der Waals surface area contributed by atoms with Gasteiger partial charge in [0, 0.05) is 19.4 Å². The molecule has 0 bridgehead atoms. The highest BCUT2D eigenvalue weighted by molar-refractivity contribution is 5.69. The van der Waals surface area contributed by atoms with Crippen LogP contribution in [0.3, 0.4) is 0 Å². The summed E-state index contributed by atoms with van der Waals surface area (Å²) < 4.78 is 21.2. The molecule has 0 radical (unpaired) electrons. The second-order valence-electron chi connectivity index (χ2n) is 8.06. The maximum atomic E-state index is 13.4. The fraction of sp³-hybridized carbons (Fsp3) is 0.185. The normalized spacial score (nSPS) is 11.8. The number of benzene rings is 3. The Labute approximate surface area is 192 Å². The number of aryl methyl sites for hydroxylation is 2. The molecular formula is C27H25FN2O3. The van der Waals surface area contributed by atoms with Crippen molar-refractivity contribution in [2.45, 2.75) is 25.9 Å². The van der Waals surface area contributed by atoms with Gasteiger partial charge >= 0.3 is 5.97 Å². The molecule has 0 aliphatic carbocycles. The number of halogens is 1. The first-order valence-electron chi connectivity index (χ1n) is 10.7. The van der Waals surface area contributed by atoms with Crippen molar-refractivity contribution in [2.24, 2.45) is 7.05 Å². The lowest BCUT2D eigenvalue weighted by Crippen LogP contribution is -2.12. The van der Waals surface area contributed by atoms with E-state index in [2.05, 4.69) is 4.98 Å². The number of carboxylic acids is 1. The molecule has 4 aromatic rings. The summed E-state index contributed by atoms with van der Waals surface area (Å²) in [7, 11) is 1.86. The molecule has 1 N–H and O–H groups in total. The Bertz CT molecular complexity index is 1260. The maximum Gasteiger partial charge on any atom is 0.304 e. The van der Waals surface area contributed by atoms with Crippen LogP contribution in [-0.2, 0) is 18.4 Å². The molecule has 0 saturated carbocycles. The van der Waals surface area contributed by atoms with Gasteiger partial charge in [-0.1, -0.05) is 36.4 Å². The topological polar surface area (TPSA) is 64.3 Å². The van der Waals surface area contributed by atoms with Gasteiger partial charge in [0.1, 0.15) is 24.0 Å². The number of aliphatic carboxylic acids is 1. The van der Waals surface area contributed by atoms with Gasteiger partial charge in [0.25, 0.3) is 0 Å². The lowest BCUT2D eigenvalue weighted by Gasteiger charge is -2.16. The van der Waals surface area contributed by atoms with Gasteiger partial charge in [-0.3, -0.25) is 4.79 Å².